The molecule has 4 rings (SSSR count). The van der Waals surface area contributed by atoms with Gasteiger partial charge in [0, 0.05) is 17.5 Å². The van der Waals surface area contributed by atoms with Crippen LogP contribution in [0, 0.1) is 12.7 Å². The maximum Gasteiger partial charge on any atom is 0.195 e. The molecule has 3 nitrogen and oxygen atoms in total. The minimum absolute atomic E-state index is 0.241. The van der Waals surface area contributed by atoms with Crippen LogP contribution in [0.25, 0.3) is 27.5 Å². The summed E-state index contributed by atoms with van der Waals surface area (Å²) in [5, 5.41) is 2.04. The van der Waals surface area contributed by atoms with Gasteiger partial charge in [-0.05, 0) is 36.8 Å². The summed E-state index contributed by atoms with van der Waals surface area (Å²) in [4.78, 5) is 5.67. The Labute approximate surface area is 143 Å². The molecule has 0 atom stereocenters. The van der Waals surface area contributed by atoms with Crippen LogP contribution < -0.4 is 5.73 Å². The second-order valence-corrected chi connectivity index (χ2v) is 6.56. The Morgan fingerprint density at radius 2 is 1.71 bits per heavy atom. The predicted octanol–water partition coefficient (Wildman–Crippen LogP) is 4.64. The van der Waals surface area contributed by atoms with Gasteiger partial charge in [-0.1, -0.05) is 29.8 Å². The van der Waals surface area contributed by atoms with Crippen LogP contribution in [0.15, 0.2) is 53.9 Å². The molecule has 120 valence electrons. The lowest BCUT2D eigenvalue weighted by molar-refractivity contribution is 0.628. The molecule has 2 N–H and O–H groups in total. The smallest absolute Gasteiger partial charge is 0.195 e. The quantitative estimate of drug-likeness (QED) is 0.592. The molecular formula is C19H16FN3S. The minimum atomic E-state index is -0.241. The molecule has 0 amide bonds. The summed E-state index contributed by atoms with van der Waals surface area (Å²) in [6.07, 6.45) is 0. The number of hydrogen-bond acceptors (Lipinski definition) is 3. The zero-order valence-electron chi connectivity index (χ0n) is 13.2. The number of nitrogens with zero attached hydrogens (tertiary/aromatic N) is 2. The van der Waals surface area contributed by atoms with E-state index < -0.39 is 0 Å². The number of rotatable bonds is 3. The van der Waals surface area contributed by atoms with Crippen LogP contribution in [-0.2, 0) is 6.54 Å². The maximum atomic E-state index is 13.2. The van der Waals surface area contributed by atoms with Crippen LogP contribution in [0.2, 0.25) is 0 Å². The average molecular weight is 337 g/mol. The molecule has 0 saturated heterocycles. The van der Waals surface area contributed by atoms with Gasteiger partial charge in [0.1, 0.15) is 5.82 Å². The first-order valence-electron chi connectivity index (χ1n) is 7.69. The van der Waals surface area contributed by atoms with Crippen molar-refractivity contribution in [2.75, 3.05) is 0 Å². The average Bonchev–Trinajstić information content (AvgIpc) is 3.15. The number of halogens is 1. The van der Waals surface area contributed by atoms with E-state index in [1.54, 1.807) is 23.5 Å². The number of aryl methyl sites for hydroxylation is 1. The highest BCUT2D eigenvalue weighted by molar-refractivity contribution is 7.15. The molecule has 2 aromatic carbocycles. The van der Waals surface area contributed by atoms with E-state index in [1.807, 2.05) is 5.38 Å². The van der Waals surface area contributed by atoms with Gasteiger partial charge in [-0.2, -0.15) is 0 Å². The lowest BCUT2D eigenvalue weighted by Crippen LogP contribution is -2.03. The molecule has 0 saturated carbocycles. The third-order valence-electron chi connectivity index (χ3n) is 4.12. The lowest BCUT2D eigenvalue weighted by atomic mass is 10.1. The Morgan fingerprint density at radius 3 is 2.38 bits per heavy atom. The van der Waals surface area contributed by atoms with Crippen molar-refractivity contribution < 1.29 is 4.39 Å². The fourth-order valence-electron chi connectivity index (χ4n) is 2.87. The molecule has 2 aromatic heterocycles. The second kappa shape index (κ2) is 5.85. The molecule has 0 aliphatic rings. The van der Waals surface area contributed by atoms with Crippen LogP contribution in [-0.4, -0.2) is 9.38 Å². The fourth-order valence-corrected chi connectivity index (χ4v) is 3.79. The fraction of sp³-hybridized carbons (Fsp3) is 0.105. The highest BCUT2D eigenvalue weighted by atomic mass is 32.1. The molecule has 2 heterocycles. The van der Waals surface area contributed by atoms with E-state index in [0.717, 1.165) is 33.2 Å². The van der Waals surface area contributed by atoms with E-state index in [0.29, 0.717) is 6.54 Å². The van der Waals surface area contributed by atoms with Gasteiger partial charge >= 0.3 is 0 Å². The van der Waals surface area contributed by atoms with E-state index in [-0.39, 0.29) is 5.82 Å². The number of imidazole rings is 1. The van der Waals surface area contributed by atoms with Gasteiger partial charge in [0.15, 0.2) is 4.96 Å². The van der Waals surface area contributed by atoms with Gasteiger partial charge < -0.3 is 5.73 Å². The van der Waals surface area contributed by atoms with Gasteiger partial charge in [0.25, 0.3) is 0 Å². The number of thiazole rings is 1. The Kier molecular flexibility index (Phi) is 3.67. The number of nitrogens with two attached hydrogens (primary N) is 1. The zero-order chi connectivity index (χ0) is 16.7. The zero-order valence-corrected chi connectivity index (χ0v) is 14.0. The normalized spacial score (nSPS) is 11.3. The largest absolute Gasteiger partial charge is 0.325 e. The molecule has 0 unspecified atom stereocenters. The lowest BCUT2D eigenvalue weighted by Gasteiger charge is -2.06. The summed E-state index contributed by atoms with van der Waals surface area (Å²) in [6, 6.07) is 14.8. The SMILES string of the molecule is Cc1ccc(-c2nc3scc(-c4ccc(F)cc4)n3c2CN)cc1. The molecule has 0 aliphatic heterocycles. The molecule has 24 heavy (non-hydrogen) atoms. The first-order valence-corrected chi connectivity index (χ1v) is 8.57. The monoisotopic (exact) mass is 337 g/mol. The molecule has 0 aliphatic carbocycles. The van der Waals surface area contributed by atoms with Crippen molar-refractivity contribution in [1.82, 2.24) is 9.38 Å². The van der Waals surface area contributed by atoms with Crippen LogP contribution in [0.4, 0.5) is 4.39 Å². The van der Waals surface area contributed by atoms with Gasteiger partial charge in [-0.3, -0.25) is 4.40 Å². The molecule has 4 aromatic rings. The van der Waals surface area contributed by atoms with Crippen LogP contribution >= 0.6 is 11.3 Å². The van der Waals surface area contributed by atoms with Crippen LogP contribution in [0.5, 0.6) is 0 Å². The van der Waals surface area contributed by atoms with Crippen LogP contribution in [0.3, 0.4) is 0 Å². The van der Waals surface area contributed by atoms with Crippen molar-refractivity contribution in [2.45, 2.75) is 13.5 Å². The van der Waals surface area contributed by atoms with Crippen molar-refractivity contribution in [3.63, 3.8) is 0 Å². The Morgan fingerprint density at radius 1 is 1.04 bits per heavy atom. The summed E-state index contributed by atoms with van der Waals surface area (Å²) in [5.74, 6) is -0.241. The molecule has 0 bridgehead atoms. The van der Waals surface area contributed by atoms with E-state index >= 15 is 0 Å². The highest BCUT2D eigenvalue weighted by Gasteiger charge is 2.17. The topological polar surface area (TPSA) is 43.3 Å². The summed E-state index contributed by atoms with van der Waals surface area (Å²) < 4.78 is 15.3. The van der Waals surface area contributed by atoms with E-state index in [1.165, 1.54) is 17.7 Å². The molecular weight excluding hydrogens is 321 g/mol. The molecule has 5 heteroatoms. The third-order valence-corrected chi connectivity index (χ3v) is 4.94. The van der Waals surface area contributed by atoms with E-state index in [4.69, 9.17) is 10.7 Å². The first kappa shape index (κ1) is 15.1. The second-order valence-electron chi connectivity index (χ2n) is 5.72. The van der Waals surface area contributed by atoms with Gasteiger partial charge in [0.2, 0.25) is 0 Å². The Bertz CT molecular complexity index is 998. The predicted molar refractivity (Wildman–Crippen MR) is 96.5 cm³/mol. The first-order chi connectivity index (χ1) is 11.7. The number of fused-ring (bicyclic) bond motifs is 1. The van der Waals surface area contributed by atoms with E-state index in [9.17, 15) is 4.39 Å². The van der Waals surface area contributed by atoms with E-state index in [2.05, 4.69) is 35.6 Å². The highest BCUT2D eigenvalue weighted by Crippen LogP contribution is 2.32. The summed E-state index contributed by atoms with van der Waals surface area (Å²) >= 11 is 1.56. The Balaban J connectivity index is 1.92. The molecule has 0 spiro atoms. The molecule has 0 radical (unpaired) electrons. The van der Waals surface area contributed by atoms with Crippen molar-refractivity contribution in [1.29, 1.82) is 0 Å². The van der Waals surface area contributed by atoms with Crippen molar-refractivity contribution in [2.24, 2.45) is 5.73 Å². The summed E-state index contributed by atoms with van der Waals surface area (Å²) in [7, 11) is 0. The van der Waals surface area contributed by atoms with Crippen molar-refractivity contribution in [3.8, 4) is 22.5 Å². The standard InChI is InChI=1S/C19H16FN3S/c1-12-2-4-14(5-3-12)18-16(10-21)23-17(11-24-19(23)22-18)13-6-8-15(20)9-7-13/h2-9,11H,10,21H2,1H3. The summed E-state index contributed by atoms with van der Waals surface area (Å²) in [5.41, 5.74) is 12.1. The third kappa shape index (κ3) is 2.42. The van der Waals surface area contributed by atoms with Gasteiger partial charge in [-0.15, -0.1) is 11.3 Å². The molecule has 0 fully saturated rings. The number of aromatic nitrogens is 2. The minimum Gasteiger partial charge on any atom is -0.325 e. The Hall–Kier alpha value is -2.50. The van der Waals surface area contributed by atoms with Crippen LogP contribution in [0.1, 0.15) is 11.3 Å². The maximum absolute atomic E-state index is 13.2. The summed E-state index contributed by atoms with van der Waals surface area (Å²) in [6.45, 7) is 2.45. The van der Waals surface area contributed by atoms with Crippen molar-refractivity contribution >= 4 is 16.3 Å². The number of benzene rings is 2. The van der Waals surface area contributed by atoms with Gasteiger partial charge in [-0.25, -0.2) is 9.37 Å². The van der Waals surface area contributed by atoms with Gasteiger partial charge in [0.05, 0.1) is 17.1 Å². The van der Waals surface area contributed by atoms with Crippen molar-refractivity contribution in [3.05, 3.63) is 71.0 Å². The number of hydrogen-bond donors (Lipinski definition) is 1.